The predicted octanol–water partition coefficient (Wildman–Crippen LogP) is 3.99. The molecule has 3 aromatic rings. The van der Waals surface area contributed by atoms with Crippen LogP contribution in [-0.2, 0) is 4.79 Å². The fraction of sp³-hybridized carbons (Fsp3) is 0.100. The lowest BCUT2D eigenvalue weighted by Crippen LogP contribution is -2.22. The van der Waals surface area contributed by atoms with Crippen molar-refractivity contribution >= 4 is 29.1 Å². The van der Waals surface area contributed by atoms with E-state index in [1.54, 1.807) is 0 Å². The summed E-state index contributed by atoms with van der Waals surface area (Å²) in [5, 5.41) is 2.21. The Labute approximate surface area is 179 Å². The van der Waals surface area contributed by atoms with Crippen LogP contribution in [0.1, 0.15) is 10.4 Å². The fourth-order valence-electron chi connectivity index (χ4n) is 2.76. The number of benzene rings is 2. The van der Waals surface area contributed by atoms with Gasteiger partial charge in [0.15, 0.2) is 11.6 Å². The molecule has 0 aliphatic carbocycles. The number of hydrogen-bond donors (Lipinski definition) is 2. The molecule has 1 heterocycles. The van der Waals surface area contributed by atoms with E-state index in [1.807, 2.05) is 30.3 Å². The van der Waals surface area contributed by atoms with Gasteiger partial charge >= 0.3 is 6.36 Å². The van der Waals surface area contributed by atoms with Crippen molar-refractivity contribution in [2.45, 2.75) is 6.36 Å². The van der Waals surface area contributed by atoms with Gasteiger partial charge in [-0.2, -0.15) is 0 Å². The number of rotatable bonds is 6. The third-order valence-electron chi connectivity index (χ3n) is 4.03. The van der Waals surface area contributed by atoms with Crippen LogP contribution in [0.3, 0.4) is 0 Å². The summed E-state index contributed by atoms with van der Waals surface area (Å²) in [5.74, 6) is -3.28. The first-order valence-electron chi connectivity index (χ1n) is 8.66. The van der Waals surface area contributed by atoms with Crippen molar-refractivity contribution in [2.24, 2.45) is 5.73 Å². The van der Waals surface area contributed by atoms with Crippen molar-refractivity contribution in [1.82, 2.24) is 9.97 Å². The molecule has 31 heavy (non-hydrogen) atoms. The van der Waals surface area contributed by atoms with Crippen LogP contribution in [0.25, 0.3) is 22.5 Å². The number of amides is 2. The lowest BCUT2D eigenvalue weighted by atomic mass is 10.0. The lowest BCUT2D eigenvalue weighted by Gasteiger charge is -2.18. The van der Waals surface area contributed by atoms with E-state index in [1.165, 1.54) is 12.4 Å². The Balaban J connectivity index is 2.19. The topological polar surface area (TPSA) is 107 Å². The molecule has 7 nitrogen and oxygen atoms in total. The zero-order valence-corrected chi connectivity index (χ0v) is 16.4. The standard InChI is InChI=1S/C20H14ClF3N4O3/c21-8-15(29)28-17-14(31-20(22,23)24)7-6-13(18(25)30)16(17)19-26-9-12(10-27-19)11-4-2-1-3-5-11/h1-7,9-10H,8H2,(H2,25,30)(H,28,29). The Morgan fingerprint density at radius 2 is 1.68 bits per heavy atom. The van der Waals surface area contributed by atoms with Gasteiger partial charge < -0.3 is 15.8 Å². The Morgan fingerprint density at radius 1 is 1.03 bits per heavy atom. The molecule has 0 saturated carbocycles. The van der Waals surface area contributed by atoms with Gasteiger partial charge in [-0.05, 0) is 17.7 Å². The van der Waals surface area contributed by atoms with E-state index in [9.17, 15) is 22.8 Å². The molecule has 0 aliphatic heterocycles. The largest absolute Gasteiger partial charge is 0.573 e. The first-order valence-corrected chi connectivity index (χ1v) is 9.19. The van der Waals surface area contributed by atoms with E-state index in [0.717, 1.165) is 17.7 Å². The van der Waals surface area contributed by atoms with Gasteiger partial charge in [-0.25, -0.2) is 9.97 Å². The molecular weight excluding hydrogens is 437 g/mol. The van der Waals surface area contributed by atoms with Crippen molar-refractivity contribution < 1.29 is 27.5 Å². The number of primary amides is 1. The maximum atomic E-state index is 12.9. The maximum absolute atomic E-state index is 12.9. The first-order chi connectivity index (χ1) is 14.7. The van der Waals surface area contributed by atoms with Crippen LogP contribution in [0.4, 0.5) is 18.9 Å². The normalized spacial score (nSPS) is 11.1. The van der Waals surface area contributed by atoms with E-state index < -0.39 is 35.5 Å². The second-order valence-electron chi connectivity index (χ2n) is 6.12. The minimum absolute atomic E-state index is 0.147. The van der Waals surface area contributed by atoms with Gasteiger partial charge in [-0.15, -0.1) is 24.8 Å². The van der Waals surface area contributed by atoms with Crippen LogP contribution in [0.2, 0.25) is 0 Å². The predicted molar refractivity (Wildman–Crippen MR) is 107 cm³/mol. The summed E-state index contributed by atoms with van der Waals surface area (Å²) < 4.78 is 42.7. The van der Waals surface area contributed by atoms with Crippen LogP contribution in [0.15, 0.2) is 54.9 Å². The first kappa shape index (κ1) is 22.0. The van der Waals surface area contributed by atoms with Gasteiger partial charge in [-0.3, -0.25) is 9.59 Å². The highest BCUT2D eigenvalue weighted by Gasteiger charge is 2.34. The van der Waals surface area contributed by atoms with E-state index >= 15 is 0 Å². The summed E-state index contributed by atoms with van der Waals surface area (Å²) in [6, 6.07) is 11.0. The molecule has 0 unspecified atom stereocenters. The van der Waals surface area contributed by atoms with Gasteiger partial charge in [0.05, 0.1) is 16.8 Å². The molecule has 11 heteroatoms. The van der Waals surface area contributed by atoms with Crippen LogP contribution in [-0.4, -0.2) is 34.0 Å². The summed E-state index contributed by atoms with van der Waals surface area (Å²) >= 11 is 5.48. The van der Waals surface area contributed by atoms with Gasteiger partial charge in [-0.1, -0.05) is 30.3 Å². The number of carbonyl (C=O) groups excluding carboxylic acids is 2. The molecule has 160 valence electrons. The van der Waals surface area contributed by atoms with Gasteiger partial charge in [0.2, 0.25) is 11.8 Å². The number of nitrogens with zero attached hydrogens (tertiary/aromatic N) is 2. The van der Waals surface area contributed by atoms with Crippen molar-refractivity contribution in [3.63, 3.8) is 0 Å². The van der Waals surface area contributed by atoms with Crippen molar-refractivity contribution in [3.05, 3.63) is 60.4 Å². The molecule has 0 saturated heterocycles. The van der Waals surface area contributed by atoms with E-state index in [4.69, 9.17) is 17.3 Å². The highest BCUT2D eigenvalue weighted by Crippen LogP contribution is 2.40. The van der Waals surface area contributed by atoms with Gasteiger partial charge in [0, 0.05) is 18.0 Å². The molecular formula is C20H14ClF3N4O3. The number of hydrogen-bond acceptors (Lipinski definition) is 5. The van der Waals surface area contributed by atoms with Gasteiger partial charge in [0.1, 0.15) is 5.88 Å². The molecule has 0 fully saturated rings. The lowest BCUT2D eigenvalue weighted by molar-refractivity contribution is -0.274. The second-order valence-corrected chi connectivity index (χ2v) is 6.38. The third-order valence-corrected chi connectivity index (χ3v) is 4.27. The Hall–Kier alpha value is -3.66. The molecule has 3 rings (SSSR count). The summed E-state index contributed by atoms with van der Waals surface area (Å²) in [7, 11) is 0. The molecule has 0 radical (unpaired) electrons. The van der Waals surface area contributed by atoms with Crippen molar-refractivity contribution in [1.29, 1.82) is 0 Å². The number of anilines is 1. The number of ether oxygens (including phenoxy) is 1. The number of halogens is 4. The Morgan fingerprint density at radius 3 is 2.23 bits per heavy atom. The smallest absolute Gasteiger partial charge is 0.404 e. The average molecular weight is 451 g/mol. The molecule has 1 aromatic heterocycles. The van der Waals surface area contributed by atoms with Crippen LogP contribution in [0.5, 0.6) is 5.75 Å². The molecule has 0 aliphatic rings. The molecule has 0 bridgehead atoms. The molecule has 0 atom stereocenters. The third kappa shape index (κ3) is 5.28. The highest BCUT2D eigenvalue weighted by molar-refractivity contribution is 6.29. The number of nitrogens with one attached hydrogen (secondary N) is 1. The summed E-state index contributed by atoms with van der Waals surface area (Å²) in [4.78, 5) is 32.1. The van der Waals surface area contributed by atoms with Crippen molar-refractivity contribution in [3.8, 4) is 28.3 Å². The fourth-order valence-corrected chi connectivity index (χ4v) is 2.83. The van der Waals surface area contributed by atoms with Crippen molar-refractivity contribution in [2.75, 3.05) is 11.2 Å². The molecule has 0 spiro atoms. The SMILES string of the molecule is NC(=O)c1ccc(OC(F)(F)F)c(NC(=O)CCl)c1-c1ncc(-c2ccccc2)cn1. The Bertz CT molecular complexity index is 1110. The minimum Gasteiger partial charge on any atom is -0.404 e. The zero-order valence-electron chi connectivity index (χ0n) is 15.6. The van der Waals surface area contributed by atoms with E-state index in [-0.39, 0.29) is 17.0 Å². The average Bonchev–Trinajstić information content (AvgIpc) is 2.74. The van der Waals surface area contributed by atoms with E-state index in [0.29, 0.717) is 5.56 Å². The minimum atomic E-state index is -5.07. The number of aromatic nitrogens is 2. The van der Waals surface area contributed by atoms with Crippen LogP contribution < -0.4 is 15.8 Å². The Kier molecular flexibility index (Phi) is 6.40. The highest BCUT2D eigenvalue weighted by atomic mass is 35.5. The summed E-state index contributed by atoms with van der Waals surface area (Å²) in [6.07, 6.45) is -2.22. The molecule has 2 aromatic carbocycles. The summed E-state index contributed by atoms with van der Waals surface area (Å²) in [6.45, 7) is 0. The van der Waals surface area contributed by atoms with Crippen LogP contribution >= 0.6 is 11.6 Å². The second kappa shape index (κ2) is 9.00. The van der Waals surface area contributed by atoms with Gasteiger partial charge in [0.25, 0.3) is 0 Å². The zero-order chi connectivity index (χ0) is 22.6. The van der Waals surface area contributed by atoms with E-state index in [2.05, 4.69) is 20.0 Å². The number of carbonyl (C=O) groups is 2. The number of alkyl halides is 4. The quantitative estimate of drug-likeness (QED) is 0.552. The monoisotopic (exact) mass is 450 g/mol. The molecule has 3 N–H and O–H groups in total. The number of nitrogens with two attached hydrogens (primary N) is 1. The maximum Gasteiger partial charge on any atom is 0.573 e. The molecule has 2 amide bonds. The summed E-state index contributed by atoms with van der Waals surface area (Å²) in [5.41, 5.74) is 5.89. The van der Waals surface area contributed by atoms with Crippen LogP contribution in [0, 0.1) is 0 Å².